The molecule has 5 amide bonds. The quantitative estimate of drug-likeness (QED) is 0.0487. The zero-order chi connectivity index (χ0) is 35.1. The van der Waals surface area contributed by atoms with E-state index in [1.807, 2.05) is 32.0 Å². The molecule has 0 spiro atoms. The van der Waals surface area contributed by atoms with Gasteiger partial charge in [-0.2, -0.15) is 0 Å². The molecule has 0 fully saturated rings. The summed E-state index contributed by atoms with van der Waals surface area (Å²) in [6.45, 7) is 8.99. The number of nitrogens with two attached hydrogens (primary N) is 3. The zero-order valence-electron chi connectivity index (χ0n) is 27.6. The molecule has 0 aliphatic rings. The van der Waals surface area contributed by atoms with Crippen LogP contribution in [0.2, 0.25) is 0 Å². The van der Waals surface area contributed by atoms with E-state index in [1.54, 1.807) is 57.2 Å². The molecule has 0 saturated heterocycles. The standard InChI is InChI=1S/C33H47N7O7/c1-20(2)16-25(30(43)38-22(18-28(35)42)19-29(40-36)47-33(3,4)5)31(44)39-26(14-15-27(34)41)32(45)37-21-10-9-13-24(17-21)46-23-11-7-6-8-12-23/h6-13,17,20,22,25-26H,14-16,18-19,36H2,1-5H3,(H2,34,41)(H2,35,42)(H,37,45)(H,38,43)(H,39,44). The van der Waals surface area contributed by atoms with Gasteiger partial charge in [-0.05, 0) is 63.8 Å². The molecule has 0 saturated carbocycles. The Morgan fingerprint density at radius 2 is 1.47 bits per heavy atom. The average molecular weight is 654 g/mol. The summed E-state index contributed by atoms with van der Waals surface area (Å²) in [6.07, 6.45) is -0.541. The summed E-state index contributed by atoms with van der Waals surface area (Å²) < 4.78 is 11.5. The second-order valence-corrected chi connectivity index (χ2v) is 12.5. The van der Waals surface area contributed by atoms with Crippen molar-refractivity contribution in [3.63, 3.8) is 0 Å². The third kappa shape index (κ3) is 14.7. The van der Waals surface area contributed by atoms with Gasteiger partial charge in [0.2, 0.25) is 35.4 Å². The smallest absolute Gasteiger partial charge is 0.246 e. The Balaban J connectivity index is 2.24. The number of rotatable bonds is 17. The molecule has 0 bridgehead atoms. The van der Waals surface area contributed by atoms with Gasteiger partial charge < -0.3 is 42.7 Å². The average Bonchev–Trinajstić information content (AvgIpc) is 2.96. The maximum absolute atomic E-state index is 13.6. The number of nitrogens with zero attached hydrogens (tertiary/aromatic N) is 1. The highest BCUT2D eigenvalue weighted by Gasteiger charge is 2.33. The van der Waals surface area contributed by atoms with E-state index >= 15 is 0 Å². The normalized spacial score (nSPS) is 13.5. The van der Waals surface area contributed by atoms with E-state index in [9.17, 15) is 24.0 Å². The minimum Gasteiger partial charge on any atom is -0.474 e. The van der Waals surface area contributed by atoms with Crippen molar-refractivity contribution >= 4 is 41.1 Å². The van der Waals surface area contributed by atoms with Crippen LogP contribution in [0, 0.1) is 11.8 Å². The minimum absolute atomic E-state index is 0.0604. The Bertz CT molecular complexity index is 1410. The van der Waals surface area contributed by atoms with Crippen molar-refractivity contribution in [1.82, 2.24) is 10.6 Å². The number of ether oxygens (including phenoxy) is 2. The lowest BCUT2D eigenvalue weighted by Crippen LogP contribution is -2.51. The number of benzene rings is 2. The first kappa shape index (κ1) is 38.0. The summed E-state index contributed by atoms with van der Waals surface area (Å²) >= 11 is 0. The Hall–Kier alpha value is -5.14. The monoisotopic (exact) mass is 653 g/mol. The third-order valence-corrected chi connectivity index (χ3v) is 6.52. The van der Waals surface area contributed by atoms with Crippen LogP contribution in [0.5, 0.6) is 11.5 Å². The molecule has 0 aliphatic heterocycles. The Morgan fingerprint density at radius 3 is 2.04 bits per heavy atom. The number of carbonyl (C=O) groups excluding carboxylic acids is 5. The maximum Gasteiger partial charge on any atom is 0.246 e. The van der Waals surface area contributed by atoms with Crippen LogP contribution in [0.1, 0.15) is 66.7 Å². The topological polar surface area (TPSA) is 230 Å². The summed E-state index contributed by atoms with van der Waals surface area (Å²) in [5, 5.41) is 11.7. The third-order valence-electron chi connectivity index (χ3n) is 6.52. The molecule has 3 unspecified atom stereocenters. The lowest BCUT2D eigenvalue weighted by molar-refractivity contribution is -0.138. The van der Waals surface area contributed by atoms with E-state index in [-0.39, 0.29) is 43.9 Å². The highest BCUT2D eigenvalue weighted by atomic mass is 16.5. The Morgan fingerprint density at radius 1 is 0.830 bits per heavy atom. The van der Waals surface area contributed by atoms with Crippen molar-refractivity contribution in [3.8, 4) is 11.5 Å². The number of hydrogen-bond acceptors (Lipinski definition) is 9. The SMILES string of the molecule is CC(C)CC(C(=O)NC(CC(N)=O)CC(=NN)OC(C)(C)C)C(=O)NC(CCC(N)=O)C(=O)Nc1cccc(Oc2ccccc2)c1. The molecule has 47 heavy (non-hydrogen) atoms. The molecular formula is C33H47N7O7. The van der Waals surface area contributed by atoms with Crippen molar-refractivity contribution < 1.29 is 33.4 Å². The van der Waals surface area contributed by atoms with Gasteiger partial charge in [-0.3, -0.25) is 24.0 Å². The number of primary amides is 2. The van der Waals surface area contributed by atoms with Crippen molar-refractivity contribution in [2.24, 2.45) is 34.2 Å². The predicted octanol–water partition coefficient (Wildman–Crippen LogP) is 2.67. The summed E-state index contributed by atoms with van der Waals surface area (Å²) in [5.74, 6) is 1.80. The first-order valence-corrected chi connectivity index (χ1v) is 15.3. The van der Waals surface area contributed by atoms with Crippen molar-refractivity contribution in [2.45, 2.75) is 84.4 Å². The Labute approximate surface area is 275 Å². The van der Waals surface area contributed by atoms with E-state index in [0.29, 0.717) is 17.2 Å². The zero-order valence-corrected chi connectivity index (χ0v) is 27.6. The molecule has 3 atom stereocenters. The lowest BCUT2D eigenvalue weighted by atomic mass is 9.94. The minimum atomic E-state index is -1.27. The van der Waals surface area contributed by atoms with Gasteiger partial charge in [-0.15, -0.1) is 5.10 Å². The first-order chi connectivity index (χ1) is 22.1. The fourth-order valence-electron chi connectivity index (χ4n) is 4.53. The number of hydrazone groups is 1. The number of amides is 5. The van der Waals surface area contributed by atoms with Gasteiger partial charge in [0.1, 0.15) is 29.1 Å². The van der Waals surface area contributed by atoms with Crippen LogP contribution >= 0.6 is 0 Å². The summed E-state index contributed by atoms with van der Waals surface area (Å²) in [7, 11) is 0. The van der Waals surface area contributed by atoms with E-state index < -0.39 is 53.1 Å². The van der Waals surface area contributed by atoms with Crippen LogP contribution in [-0.4, -0.2) is 53.1 Å². The van der Waals surface area contributed by atoms with E-state index in [0.717, 1.165) is 0 Å². The van der Waals surface area contributed by atoms with Crippen LogP contribution < -0.4 is 38.0 Å². The molecular weight excluding hydrogens is 606 g/mol. The lowest BCUT2D eigenvalue weighted by Gasteiger charge is -2.27. The van der Waals surface area contributed by atoms with Gasteiger partial charge in [0.05, 0.1) is 0 Å². The largest absolute Gasteiger partial charge is 0.474 e. The highest BCUT2D eigenvalue weighted by Crippen LogP contribution is 2.24. The molecule has 2 aromatic carbocycles. The molecule has 0 aliphatic carbocycles. The summed E-state index contributed by atoms with van der Waals surface area (Å²) in [6, 6.07) is 13.6. The molecule has 14 nitrogen and oxygen atoms in total. The molecule has 0 aromatic heterocycles. The molecule has 2 rings (SSSR count). The first-order valence-electron chi connectivity index (χ1n) is 15.3. The van der Waals surface area contributed by atoms with Gasteiger partial charge in [-0.1, -0.05) is 38.1 Å². The van der Waals surface area contributed by atoms with Gasteiger partial charge in [0, 0.05) is 37.1 Å². The summed E-state index contributed by atoms with van der Waals surface area (Å²) in [5.41, 5.74) is 10.5. The van der Waals surface area contributed by atoms with Crippen LogP contribution in [0.15, 0.2) is 59.7 Å². The van der Waals surface area contributed by atoms with Gasteiger partial charge in [0.15, 0.2) is 0 Å². The summed E-state index contributed by atoms with van der Waals surface area (Å²) in [4.78, 5) is 64.0. The molecule has 14 heteroatoms. The fourth-order valence-corrected chi connectivity index (χ4v) is 4.53. The highest BCUT2D eigenvalue weighted by molar-refractivity contribution is 6.04. The number of para-hydroxylation sites is 1. The fraction of sp³-hybridized carbons (Fsp3) is 0.455. The van der Waals surface area contributed by atoms with Crippen LogP contribution in [0.4, 0.5) is 5.69 Å². The van der Waals surface area contributed by atoms with Gasteiger partial charge >= 0.3 is 0 Å². The van der Waals surface area contributed by atoms with E-state index in [2.05, 4.69) is 21.1 Å². The van der Waals surface area contributed by atoms with E-state index in [4.69, 9.17) is 26.8 Å². The molecule has 0 radical (unpaired) electrons. The molecule has 256 valence electrons. The predicted molar refractivity (Wildman–Crippen MR) is 178 cm³/mol. The van der Waals surface area contributed by atoms with Crippen molar-refractivity contribution in [3.05, 3.63) is 54.6 Å². The number of nitrogens with one attached hydrogen (secondary N) is 3. The van der Waals surface area contributed by atoms with Crippen LogP contribution in [0.3, 0.4) is 0 Å². The molecule has 9 N–H and O–H groups in total. The van der Waals surface area contributed by atoms with Crippen molar-refractivity contribution in [2.75, 3.05) is 5.32 Å². The second kappa shape index (κ2) is 18.1. The van der Waals surface area contributed by atoms with Gasteiger partial charge in [0.25, 0.3) is 0 Å². The number of carbonyl (C=O) groups is 5. The maximum atomic E-state index is 13.6. The van der Waals surface area contributed by atoms with Gasteiger partial charge in [-0.25, -0.2) is 0 Å². The molecule has 0 heterocycles. The van der Waals surface area contributed by atoms with E-state index in [1.165, 1.54) is 0 Å². The van der Waals surface area contributed by atoms with Crippen LogP contribution in [0.25, 0.3) is 0 Å². The number of anilines is 1. The number of hydrogen-bond donors (Lipinski definition) is 6. The van der Waals surface area contributed by atoms with Crippen LogP contribution in [-0.2, 0) is 28.7 Å². The Kier molecular flexibility index (Phi) is 14.7. The molecule has 2 aromatic rings. The van der Waals surface area contributed by atoms with Crippen molar-refractivity contribution in [1.29, 1.82) is 0 Å². The second-order valence-electron chi connectivity index (χ2n) is 12.5.